The second-order valence-corrected chi connectivity index (χ2v) is 4.45. The highest BCUT2D eigenvalue weighted by Gasteiger charge is 2.13. The number of oxazole rings is 1. The van der Waals surface area contributed by atoms with Gasteiger partial charge in [-0.15, -0.1) is 0 Å². The lowest BCUT2D eigenvalue weighted by Gasteiger charge is -2.00. The molecule has 0 aliphatic rings. The van der Waals surface area contributed by atoms with E-state index in [0.29, 0.717) is 17.1 Å². The molecular formula is C14H13N3O3. The number of nitrogens with zero attached hydrogens (tertiary/aromatic N) is 3. The predicted octanol–water partition coefficient (Wildman–Crippen LogP) is 2.66. The van der Waals surface area contributed by atoms with Gasteiger partial charge in [0.2, 0.25) is 0 Å². The first-order valence-corrected chi connectivity index (χ1v) is 6.35. The summed E-state index contributed by atoms with van der Waals surface area (Å²) in [6, 6.07) is 5.04. The van der Waals surface area contributed by atoms with E-state index in [-0.39, 0.29) is 5.56 Å². The first kappa shape index (κ1) is 12.4. The van der Waals surface area contributed by atoms with Gasteiger partial charge in [-0.05, 0) is 24.6 Å². The smallest absolute Gasteiger partial charge is 0.335 e. The number of aromatic carboxylic acids is 1. The van der Waals surface area contributed by atoms with Gasteiger partial charge in [0.15, 0.2) is 5.58 Å². The van der Waals surface area contributed by atoms with E-state index in [0.717, 1.165) is 18.7 Å². The molecule has 1 aromatic carbocycles. The molecule has 0 saturated carbocycles. The molecule has 0 unspecified atom stereocenters. The van der Waals surface area contributed by atoms with Crippen LogP contribution in [0.4, 0.5) is 0 Å². The van der Waals surface area contributed by atoms with Crippen molar-refractivity contribution in [1.82, 2.24) is 14.5 Å². The van der Waals surface area contributed by atoms with E-state index in [1.165, 1.54) is 12.1 Å². The standard InChI is InChI=1S/C14H13N3O3/c1-2-3-12-15-6-7-17(12)14-16-10-5-4-9(13(18)19)8-11(10)20-14/h4-8H,2-3H2,1H3,(H,18,19). The molecule has 0 amide bonds. The zero-order valence-electron chi connectivity index (χ0n) is 10.9. The lowest BCUT2D eigenvalue weighted by molar-refractivity contribution is 0.0697. The van der Waals surface area contributed by atoms with E-state index < -0.39 is 5.97 Å². The van der Waals surface area contributed by atoms with Crippen LogP contribution in [0.15, 0.2) is 35.0 Å². The molecule has 3 rings (SSSR count). The monoisotopic (exact) mass is 271 g/mol. The van der Waals surface area contributed by atoms with Crippen molar-refractivity contribution >= 4 is 17.1 Å². The maximum absolute atomic E-state index is 10.9. The van der Waals surface area contributed by atoms with Crippen LogP contribution in [0, 0.1) is 0 Å². The van der Waals surface area contributed by atoms with E-state index >= 15 is 0 Å². The molecule has 0 aliphatic heterocycles. The van der Waals surface area contributed by atoms with Gasteiger partial charge in [-0.1, -0.05) is 6.92 Å². The summed E-state index contributed by atoms with van der Waals surface area (Å²) < 4.78 is 7.42. The normalized spacial score (nSPS) is 11.1. The number of hydrogen-bond donors (Lipinski definition) is 1. The largest absolute Gasteiger partial charge is 0.478 e. The lowest BCUT2D eigenvalue weighted by atomic mass is 10.2. The van der Waals surface area contributed by atoms with Crippen molar-refractivity contribution in [2.75, 3.05) is 0 Å². The number of carbonyl (C=O) groups is 1. The van der Waals surface area contributed by atoms with Crippen molar-refractivity contribution < 1.29 is 14.3 Å². The minimum Gasteiger partial charge on any atom is -0.478 e. The van der Waals surface area contributed by atoms with Crippen molar-refractivity contribution in [3.05, 3.63) is 42.0 Å². The Morgan fingerprint density at radius 1 is 1.45 bits per heavy atom. The summed E-state index contributed by atoms with van der Waals surface area (Å²) in [4.78, 5) is 19.6. The fourth-order valence-electron chi connectivity index (χ4n) is 2.07. The number of carboxylic acids is 1. The zero-order chi connectivity index (χ0) is 14.1. The summed E-state index contributed by atoms with van der Waals surface area (Å²) in [5, 5.41) is 8.97. The zero-order valence-corrected chi connectivity index (χ0v) is 10.9. The third-order valence-corrected chi connectivity index (χ3v) is 3.02. The first-order valence-electron chi connectivity index (χ1n) is 6.35. The van der Waals surface area contributed by atoms with Crippen LogP contribution in [0.3, 0.4) is 0 Å². The number of aryl methyl sites for hydroxylation is 1. The maximum Gasteiger partial charge on any atom is 0.335 e. The predicted molar refractivity (Wildman–Crippen MR) is 72.1 cm³/mol. The minimum atomic E-state index is -0.987. The summed E-state index contributed by atoms with van der Waals surface area (Å²) in [6.07, 6.45) is 5.28. The third-order valence-electron chi connectivity index (χ3n) is 3.02. The van der Waals surface area contributed by atoms with Gasteiger partial charge in [-0.2, -0.15) is 4.98 Å². The van der Waals surface area contributed by atoms with Gasteiger partial charge in [0.1, 0.15) is 11.3 Å². The van der Waals surface area contributed by atoms with Gasteiger partial charge in [0, 0.05) is 18.8 Å². The molecule has 102 valence electrons. The Balaban J connectivity index is 2.08. The van der Waals surface area contributed by atoms with Crippen LogP contribution in [-0.4, -0.2) is 25.6 Å². The first-order chi connectivity index (χ1) is 9.69. The molecule has 20 heavy (non-hydrogen) atoms. The minimum absolute atomic E-state index is 0.180. The highest BCUT2D eigenvalue weighted by Crippen LogP contribution is 2.21. The van der Waals surface area contributed by atoms with Gasteiger partial charge < -0.3 is 9.52 Å². The van der Waals surface area contributed by atoms with Crippen LogP contribution in [-0.2, 0) is 6.42 Å². The SMILES string of the molecule is CCCc1nccn1-c1nc2ccc(C(=O)O)cc2o1. The second-order valence-electron chi connectivity index (χ2n) is 4.45. The molecule has 0 bridgehead atoms. The lowest BCUT2D eigenvalue weighted by Crippen LogP contribution is -2.00. The van der Waals surface area contributed by atoms with E-state index in [1.54, 1.807) is 23.0 Å². The highest BCUT2D eigenvalue weighted by molar-refractivity contribution is 5.91. The summed E-state index contributed by atoms with van der Waals surface area (Å²) in [5.74, 6) is -0.114. The molecule has 6 heteroatoms. The Bertz CT molecular complexity index is 773. The Hall–Kier alpha value is -2.63. The van der Waals surface area contributed by atoms with Gasteiger partial charge in [-0.3, -0.25) is 4.57 Å². The van der Waals surface area contributed by atoms with Crippen molar-refractivity contribution in [2.45, 2.75) is 19.8 Å². The summed E-state index contributed by atoms with van der Waals surface area (Å²) >= 11 is 0. The molecule has 2 aromatic heterocycles. The quantitative estimate of drug-likeness (QED) is 0.789. The molecular weight excluding hydrogens is 258 g/mol. The molecule has 2 heterocycles. The van der Waals surface area contributed by atoms with Gasteiger partial charge in [0.25, 0.3) is 0 Å². The van der Waals surface area contributed by atoms with Crippen molar-refractivity contribution in [3.63, 3.8) is 0 Å². The topological polar surface area (TPSA) is 81.2 Å². The number of aromatic nitrogens is 3. The summed E-state index contributed by atoms with van der Waals surface area (Å²) in [5.41, 5.74) is 1.26. The van der Waals surface area contributed by atoms with Crippen LogP contribution in [0.5, 0.6) is 0 Å². The van der Waals surface area contributed by atoms with Crippen LogP contribution in [0.2, 0.25) is 0 Å². The molecule has 0 fully saturated rings. The maximum atomic E-state index is 10.9. The molecule has 1 N–H and O–H groups in total. The van der Waals surface area contributed by atoms with Crippen molar-refractivity contribution in [1.29, 1.82) is 0 Å². The summed E-state index contributed by atoms with van der Waals surface area (Å²) in [7, 11) is 0. The van der Waals surface area contributed by atoms with E-state index in [4.69, 9.17) is 9.52 Å². The number of rotatable bonds is 4. The third kappa shape index (κ3) is 2.05. The fraction of sp³-hybridized carbons (Fsp3) is 0.214. The Morgan fingerprint density at radius 3 is 3.05 bits per heavy atom. The Morgan fingerprint density at radius 2 is 2.30 bits per heavy atom. The number of carboxylic acid groups (broad SMARTS) is 1. The number of fused-ring (bicyclic) bond motifs is 1. The van der Waals surface area contributed by atoms with E-state index in [2.05, 4.69) is 16.9 Å². The number of hydrogen-bond acceptors (Lipinski definition) is 4. The Kier molecular flexibility index (Phi) is 2.98. The highest BCUT2D eigenvalue weighted by atomic mass is 16.4. The molecule has 0 spiro atoms. The number of benzene rings is 1. The fourth-order valence-corrected chi connectivity index (χ4v) is 2.07. The van der Waals surface area contributed by atoms with E-state index in [1.807, 2.05) is 0 Å². The van der Waals surface area contributed by atoms with Crippen molar-refractivity contribution in [3.8, 4) is 6.01 Å². The average molecular weight is 271 g/mol. The van der Waals surface area contributed by atoms with Crippen LogP contribution in [0.1, 0.15) is 29.5 Å². The van der Waals surface area contributed by atoms with Gasteiger partial charge in [0.05, 0.1) is 5.56 Å². The average Bonchev–Trinajstić information content (AvgIpc) is 3.03. The van der Waals surface area contributed by atoms with Crippen LogP contribution in [0.25, 0.3) is 17.1 Å². The summed E-state index contributed by atoms with van der Waals surface area (Å²) in [6.45, 7) is 2.07. The molecule has 0 aliphatic carbocycles. The molecule has 6 nitrogen and oxygen atoms in total. The van der Waals surface area contributed by atoms with Gasteiger partial charge in [-0.25, -0.2) is 9.78 Å². The van der Waals surface area contributed by atoms with Crippen LogP contribution >= 0.6 is 0 Å². The number of imidazole rings is 1. The molecule has 3 aromatic rings. The molecule has 0 radical (unpaired) electrons. The molecule has 0 atom stereocenters. The molecule has 0 saturated heterocycles. The van der Waals surface area contributed by atoms with Crippen molar-refractivity contribution in [2.24, 2.45) is 0 Å². The van der Waals surface area contributed by atoms with E-state index in [9.17, 15) is 4.79 Å². The Labute approximate surface area is 114 Å². The van der Waals surface area contributed by atoms with Gasteiger partial charge >= 0.3 is 12.0 Å². The second kappa shape index (κ2) is 4.80. The van der Waals surface area contributed by atoms with Crippen LogP contribution < -0.4 is 0 Å².